The number of nitrogens with zero attached hydrogens (tertiary/aromatic N) is 1. The van der Waals surface area contributed by atoms with E-state index in [1.165, 1.54) is 12.1 Å². The molecule has 0 unspecified atom stereocenters. The van der Waals surface area contributed by atoms with Crippen molar-refractivity contribution in [2.45, 2.75) is 19.1 Å². The lowest BCUT2D eigenvalue weighted by Gasteiger charge is -2.14. The maximum Gasteiger partial charge on any atom is 0.417 e. The van der Waals surface area contributed by atoms with Crippen LogP contribution in [0.15, 0.2) is 35.3 Å². The van der Waals surface area contributed by atoms with E-state index >= 15 is 0 Å². The van der Waals surface area contributed by atoms with Crippen LogP contribution in [0.4, 0.5) is 18.9 Å². The third kappa shape index (κ3) is 4.54. The number of pyridine rings is 1. The molecule has 2 aromatic rings. The average molecular weight is 403 g/mol. The van der Waals surface area contributed by atoms with Crippen molar-refractivity contribution in [1.29, 1.82) is 0 Å². The molecule has 1 aromatic heterocycles. The van der Waals surface area contributed by atoms with Gasteiger partial charge in [-0.25, -0.2) is 0 Å². The number of nitrogens with one attached hydrogen (secondary N) is 1. The second kappa shape index (κ2) is 7.51. The molecular weight excluding hydrogens is 389 g/mol. The second-order valence-corrected chi connectivity index (χ2v) is 6.17. The van der Waals surface area contributed by atoms with Gasteiger partial charge in [0.15, 0.2) is 11.5 Å². The maximum absolute atomic E-state index is 12.8. The Balaban J connectivity index is 1.79. The molecule has 0 bridgehead atoms. The molecule has 1 amide bonds. The molecule has 0 saturated carbocycles. The molecule has 27 heavy (non-hydrogen) atoms. The fraction of sp³-hybridized carbons (Fsp3) is 0.294. The van der Waals surface area contributed by atoms with E-state index in [-0.39, 0.29) is 10.7 Å². The molecule has 1 aromatic carbocycles. The number of benzene rings is 1. The predicted molar refractivity (Wildman–Crippen MR) is 91.4 cm³/mol. The number of ether oxygens (including phenoxy) is 2. The molecule has 6 nitrogen and oxygen atoms in total. The van der Waals surface area contributed by atoms with Gasteiger partial charge in [-0.05, 0) is 6.07 Å². The number of anilines is 1. The number of alkyl halides is 3. The number of hydrogen-bond donors (Lipinski definition) is 1. The van der Waals surface area contributed by atoms with Crippen LogP contribution in [0.5, 0.6) is 11.5 Å². The minimum atomic E-state index is -4.62. The molecular formula is C17H14ClF3N2O4. The highest BCUT2D eigenvalue weighted by Crippen LogP contribution is 2.37. The number of fused-ring (bicyclic) bond motifs is 1. The molecule has 0 aliphatic carbocycles. The fourth-order valence-corrected chi connectivity index (χ4v) is 2.65. The molecule has 10 heteroatoms. The van der Waals surface area contributed by atoms with E-state index in [1.54, 1.807) is 0 Å². The average Bonchev–Trinajstić information content (AvgIpc) is 2.81. The Labute approximate surface area is 156 Å². The van der Waals surface area contributed by atoms with Crippen molar-refractivity contribution in [3.63, 3.8) is 0 Å². The minimum Gasteiger partial charge on any atom is -0.490 e. The van der Waals surface area contributed by atoms with Crippen molar-refractivity contribution in [2.24, 2.45) is 0 Å². The molecule has 144 valence electrons. The molecule has 0 fully saturated rings. The maximum atomic E-state index is 12.8. The Morgan fingerprint density at radius 2 is 1.85 bits per heavy atom. The number of aromatic nitrogens is 1. The van der Waals surface area contributed by atoms with Crippen molar-refractivity contribution in [3.05, 3.63) is 51.4 Å². The first-order valence-corrected chi connectivity index (χ1v) is 8.28. The quantitative estimate of drug-likeness (QED) is 0.855. The zero-order valence-corrected chi connectivity index (χ0v) is 14.6. The van der Waals surface area contributed by atoms with Gasteiger partial charge in [-0.1, -0.05) is 11.6 Å². The van der Waals surface area contributed by atoms with Crippen molar-refractivity contribution in [2.75, 3.05) is 18.5 Å². The summed E-state index contributed by atoms with van der Waals surface area (Å²) in [6, 6.07) is 4.37. The monoisotopic (exact) mass is 402 g/mol. The predicted octanol–water partition coefficient (Wildman–Crippen LogP) is 3.32. The lowest BCUT2D eigenvalue weighted by Crippen LogP contribution is -2.28. The van der Waals surface area contributed by atoms with Gasteiger partial charge >= 0.3 is 6.18 Å². The summed E-state index contributed by atoms with van der Waals surface area (Å²) < 4.78 is 50.0. The molecule has 0 saturated heterocycles. The molecule has 1 N–H and O–H groups in total. The molecule has 3 rings (SSSR count). The summed E-state index contributed by atoms with van der Waals surface area (Å²) in [5.74, 6) is 0.112. The smallest absolute Gasteiger partial charge is 0.417 e. The van der Waals surface area contributed by atoms with Crippen LogP contribution in [-0.2, 0) is 17.5 Å². The first-order valence-electron chi connectivity index (χ1n) is 7.91. The van der Waals surface area contributed by atoms with E-state index in [0.29, 0.717) is 48.0 Å². The largest absolute Gasteiger partial charge is 0.490 e. The third-order valence-corrected chi connectivity index (χ3v) is 4.05. The number of amides is 1. The van der Waals surface area contributed by atoms with E-state index in [4.69, 9.17) is 21.1 Å². The molecule has 0 spiro atoms. The normalized spacial score (nSPS) is 13.8. The number of rotatable bonds is 3. The Bertz CT molecular complexity index is 927. The fourth-order valence-electron chi connectivity index (χ4n) is 2.45. The summed E-state index contributed by atoms with van der Waals surface area (Å²) >= 11 is 6.11. The van der Waals surface area contributed by atoms with Crippen molar-refractivity contribution >= 4 is 23.2 Å². The SMILES string of the molecule is O=C(Cn1cc(C(F)(F)F)ccc1=O)Nc1cc2c(cc1Cl)OCCCO2. The standard InChI is InChI=1S/C17H14ClF3N2O4/c18-11-6-13-14(27-5-1-4-26-13)7-12(11)22-15(24)9-23-8-10(17(19,20)21)2-3-16(23)25/h2-3,6-8H,1,4-5,9H2,(H,22,24). The van der Waals surface area contributed by atoms with Gasteiger partial charge in [0.2, 0.25) is 5.91 Å². The molecule has 2 heterocycles. The highest BCUT2D eigenvalue weighted by molar-refractivity contribution is 6.34. The highest BCUT2D eigenvalue weighted by atomic mass is 35.5. The van der Waals surface area contributed by atoms with Gasteiger partial charge in [0.25, 0.3) is 5.56 Å². The Kier molecular flexibility index (Phi) is 5.31. The van der Waals surface area contributed by atoms with Crippen LogP contribution in [0.2, 0.25) is 5.02 Å². The van der Waals surface area contributed by atoms with Gasteiger partial charge in [-0.15, -0.1) is 0 Å². The van der Waals surface area contributed by atoms with Crippen molar-refractivity contribution in [3.8, 4) is 11.5 Å². The van der Waals surface area contributed by atoms with Gasteiger partial charge in [0.05, 0.1) is 29.5 Å². The number of halogens is 4. The van der Waals surface area contributed by atoms with Crippen molar-refractivity contribution < 1.29 is 27.4 Å². The van der Waals surface area contributed by atoms with Crippen LogP contribution in [0.3, 0.4) is 0 Å². The van der Waals surface area contributed by atoms with Crippen LogP contribution in [0.25, 0.3) is 0 Å². The van der Waals surface area contributed by atoms with E-state index in [0.717, 1.165) is 6.07 Å². The summed E-state index contributed by atoms with van der Waals surface area (Å²) in [6.07, 6.45) is -3.34. The van der Waals surface area contributed by atoms with Gasteiger partial charge < -0.3 is 19.4 Å². The van der Waals surface area contributed by atoms with Crippen molar-refractivity contribution in [1.82, 2.24) is 4.57 Å². The van der Waals surface area contributed by atoms with Crippen LogP contribution >= 0.6 is 11.6 Å². The van der Waals surface area contributed by atoms with Crippen LogP contribution in [0.1, 0.15) is 12.0 Å². The molecule has 0 radical (unpaired) electrons. The number of hydrogen-bond acceptors (Lipinski definition) is 4. The third-order valence-electron chi connectivity index (χ3n) is 3.74. The van der Waals surface area contributed by atoms with Gasteiger partial charge in [-0.3, -0.25) is 9.59 Å². The Hall–Kier alpha value is -2.68. The van der Waals surface area contributed by atoms with E-state index < -0.39 is 29.8 Å². The van der Waals surface area contributed by atoms with Gasteiger partial charge in [0.1, 0.15) is 6.54 Å². The van der Waals surface area contributed by atoms with Gasteiger partial charge in [0, 0.05) is 30.8 Å². The topological polar surface area (TPSA) is 69.6 Å². The highest BCUT2D eigenvalue weighted by Gasteiger charge is 2.31. The Morgan fingerprint density at radius 3 is 2.52 bits per heavy atom. The van der Waals surface area contributed by atoms with E-state index in [2.05, 4.69) is 5.32 Å². The first-order chi connectivity index (χ1) is 12.7. The zero-order chi connectivity index (χ0) is 19.6. The molecule has 1 aliphatic rings. The first kappa shape index (κ1) is 19.1. The van der Waals surface area contributed by atoms with E-state index in [1.807, 2.05) is 0 Å². The second-order valence-electron chi connectivity index (χ2n) is 5.76. The van der Waals surface area contributed by atoms with Gasteiger partial charge in [-0.2, -0.15) is 13.2 Å². The van der Waals surface area contributed by atoms with Crippen LogP contribution in [-0.4, -0.2) is 23.7 Å². The molecule has 0 atom stereocenters. The lowest BCUT2D eigenvalue weighted by molar-refractivity contribution is -0.138. The van der Waals surface area contributed by atoms with E-state index in [9.17, 15) is 22.8 Å². The summed E-state index contributed by atoms with van der Waals surface area (Å²) in [5, 5.41) is 2.64. The summed E-state index contributed by atoms with van der Waals surface area (Å²) in [6.45, 7) is 0.294. The van der Waals surface area contributed by atoms with Crippen LogP contribution in [0, 0.1) is 0 Å². The zero-order valence-electron chi connectivity index (χ0n) is 13.8. The lowest BCUT2D eigenvalue weighted by atomic mass is 10.2. The minimum absolute atomic E-state index is 0.170. The summed E-state index contributed by atoms with van der Waals surface area (Å²) in [5.41, 5.74) is -1.56. The summed E-state index contributed by atoms with van der Waals surface area (Å²) in [7, 11) is 0. The van der Waals surface area contributed by atoms with Crippen LogP contribution < -0.4 is 20.3 Å². The summed E-state index contributed by atoms with van der Waals surface area (Å²) in [4.78, 5) is 23.9. The Morgan fingerprint density at radius 1 is 1.19 bits per heavy atom. The molecule has 1 aliphatic heterocycles. The number of carbonyl (C=O) groups is 1. The number of carbonyl (C=O) groups excluding carboxylic acids is 1.